The molecular weight excluding hydrogens is 275 g/mol. The van der Waals surface area contributed by atoms with E-state index in [9.17, 15) is 4.39 Å². The molecule has 0 atom stereocenters. The number of hydrogen-bond donors (Lipinski definition) is 1. The number of hydrogen-bond acceptors (Lipinski definition) is 2. The average molecular weight is 293 g/mol. The summed E-state index contributed by atoms with van der Waals surface area (Å²) >= 11 is 6.22. The van der Waals surface area contributed by atoms with Crippen LogP contribution in [0.5, 0.6) is 0 Å². The van der Waals surface area contributed by atoms with Gasteiger partial charge in [-0.05, 0) is 42.3 Å². The maximum absolute atomic E-state index is 13.3. The van der Waals surface area contributed by atoms with Gasteiger partial charge in [0.15, 0.2) is 0 Å². The summed E-state index contributed by atoms with van der Waals surface area (Å²) in [6.45, 7) is 2.53. The van der Waals surface area contributed by atoms with Gasteiger partial charge in [-0.25, -0.2) is 4.39 Å². The fraction of sp³-hybridized carbons (Fsp3) is 0.250. The largest absolute Gasteiger partial charge is 0.379 e. The lowest BCUT2D eigenvalue weighted by atomic mass is 10.1. The van der Waals surface area contributed by atoms with Crippen molar-refractivity contribution in [1.82, 2.24) is 0 Å². The first-order chi connectivity index (χ1) is 9.49. The van der Waals surface area contributed by atoms with Crippen LogP contribution < -0.4 is 10.2 Å². The summed E-state index contributed by atoms with van der Waals surface area (Å²) in [6, 6.07) is 10.5. The van der Waals surface area contributed by atoms with Crippen LogP contribution in [-0.2, 0) is 6.54 Å². The summed E-state index contributed by atoms with van der Waals surface area (Å²) < 4.78 is 13.3. The molecule has 0 radical (unpaired) electrons. The second-order valence-electron chi connectivity index (χ2n) is 4.95. The molecule has 0 aromatic heterocycles. The molecule has 2 rings (SSSR count). The van der Waals surface area contributed by atoms with Gasteiger partial charge in [-0.15, -0.1) is 0 Å². The minimum absolute atomic E-state index is 0.216. The standard InChI is InChI=1S/C16H18ClFN2/c1-11-7-8-13(18)9-12(11)10-19-15-6-4-5-14(17)16(15)20(2)3/h4-9,19H,10H2,1-3H3. The number of para-hydroxylation sites is 1. The Hall–Kier alpha value is -1.74. The van der Waals surface area contributed by atoms with E-state index in [1.54, 1.807) is 12.1 Å². The van der Waals surface area contributed by atoms with Gasteiger partial charge in [0.2, 0.25) is 0 Å². The molecule has 0 aliphatic carbocycles. The van der Waals surface area contributed by atoms with Crippen molar-refractivity contribution in [3.63, 3.8) is 0 Å². The van der Waals surface area contributed by atoms with E-state index in [0.717, 1.165) is 22.5 Å². The summed E-state index contributed by atoms with van der Waals surface area (Å²) in [6.07, 6.45) is 0. The molecule has 0 amide bonds. The fourth-order valence-electron chi connectivity index (χ4n) is 2.13. The Morgan fingerprint density at radius 2 is 1.95 bits per heavy atom. The highest BCUT2D eigenvalue weighted by Gasteiger charge is 2.09. The van der Waals surface area contributed by atoms with Gasteiger partial charge in [0.05, 0.1) is 16.4 Å². The second kappa shape index (κ2) is 6.14. The van der Waals surface area contributed by atoms with Crippen molar-refractivity contribution < 1.29 is 4.39 Å². The van der Waals surface area contributed by atoms with Crippen molar-refractivity contribution >= 4 is 23.0 Å². The van der Waals surface area contributed by atoms with Gasteiger partial charge in [-0.1, -0.05) is 23.7 Å². The number of rotatable bonds is 4. The van der Waals surface area contributed by atoms with E-state index < -0.39 is 0 Å². The number of benzene rings is 2. The Morgan fingerprint density at radius 3 is 2.65 bits per heavy atom. The van der Waals surface area contributed by atoms with Crippen molar-refractivity contribution in [3.8, 4) is 0 Å². The minimum Gasteiger partial charge on any atom is -0.379 e. The molecule has 0 bridgehead atoms. The smallest absolute Gasteiger partial charge is 0.123 e. The zero-order valence-corrected chi connectivity index (χ0v) is 12.6. The van der Waals surface area contributed by atoms with E-state index in [1.165, 1.54) is 6.07 Å². The van der Waals surface area contributed by atoms with Gasteiger partial charge in [0.25, 0.3) is 0 Å². The van der Waals surface area contributed by atoms with Gasteiger partial charge >= 0.3 is 0 Å². The highest BCUT2D eigenvalue weighted by atomic mass is 35.5. The first kappa shape index (κ1) is 14.7. The predicted octanol–water partition coefficient (Wildman–Crippen LogP) is 4.47. The average Bonchev–Trinajstić information content (AvgIpc) is 2.39. The summed E-state index contributed by atoms with van der Waals surface area (Å²) in [7, 11) is 3.89. The first-order valence-corrected chi connectivity index (χ1v) is 6.81. The number of aryl methyl sites for hydroxylation is 1. The summed E-state index contributed by atoms with van der Waals surface area (Å²) in [5, 5.41) is 4.02. The molecular formula is C16H18ClFN2. The summed E-state index contributed by atoms with van der Waals surface area (Å²) in [5.74, 6) is -0.216. The van der Waals surface area contributed by atoms with Crippen LogP contribution in [0.3, 0.4) is 0 Å². The van der Waals surface area contributed by atoms with Gasteiger partial charge in [-0.2, -0.15) is 0 Å². The fourth-order valence-corrected chi connectivity index (χ4v) is 2.48. The number of halogens is 2. The van der Waals surface area contributed by atoms with E-state index in [2.05, 4.69) is 5.32 Å². The van der Waals surface area contributed by atoms with Crippen LogP contribution in [0.4, 0.5) is 15.8 Å². The molecule has 2 aromatic rings. The van der Waals surface area contributed by atoms with Gasteiger partial charge in [0.1, 0.15) is 5.82 Å². The van der Waals surface area contributed by atoms with Gasteiger partial charge < -0.3 is 10.2 Å². The molecule has 2 nitrogen and oxygen atoms in total. The van der Waals surface area contributed by atoms with E-state index in [1.807, 2.05) is 44.1 Å². The van der Waals surface area contributed by atoms with Crippen LogP contribution in [0.25, 0.3) is 0 Å². The second-order valence-corrected chi connectivity index (χ2v) is 5.36. The Bertz CT molecular complexity index is 611. The Kier molecular flexibility index (Phi) is 4.50. The Morgan fingerprint density at radius 1 is 1.20 bits per heavy atom. The molecule has 106 valence electrons. The van der Waals surface area contributed by atoms with E-state index >= 15 is 0 Å². The lowest BCUT2D eigenvalue weighted by molar-refractivity contribution is 0.625. The summed E-state index contributed by atoms with van der Waals surface area (Å²) in [4.78, 5) is 1.96. The van der Waals surface area contributed by atoms with Gasteiger partial charge in [-0.3, -0.25) is 0 Å². The lowest BCUT2D eigenvalue weighted by Gasteiger charge is -2.20. The Balaban J connectivity index is 2.23. The van der Waals surface area contributed by atoms with Crippen LogP contribution >= 0.6 is 11.6 Å². The quantitative estimate of drug-likeness (QED) is 0.894. The molecule has 0 spiro atoms. The maximum Gasteiger partial charge on any atom is 0.123 e. The number of nitrogens with zero attached hydrogens (tertiary/aromatic N) is 1. The van der Waals surface area contributed by atoms with Crippen LogP contribution in [0, 0.1) is 12.7 Å². The van der Waals surface area contributed by atoms with Crippen LogP contribution in [0.2, 0.25) is 5.02 Å². The zero-order valence-electron chi connectivity index (χ0n) is 11.9. The van der Waals surface area contributed by atoms with E-state index in [0.29, 0.717) is 11.6 Å². The summed E-state index contributed by atoms with van der Waals surface area (Å²) in [5.41, 5.74) is 3.87. The SMILES string of the molecule is Cc1ccc(F)cc1CNc1cccc(Cl)c1N(C)C. The molecule has 1 N–H and O–H groups in total. The molecule has 0 unspecified atom stereocenters. The minimum atomic E-state index is -0.216. The van der Waals surface area contributed by atoms with E-state index in [-0.39, 0.29) is 5.82 Å². The molecule has 2 aromatic carbocycles. The monoisotopic (exact) mass is 292 g/mol. The predicted molar refractivity (Wildman–Crippen MR) is 84.2 cm³/mol. The Labute approximate surface area is 124 Å². The third-order valence-corrected chi connectivity index (χ3v) is 3.52. The molecule has 0 fully saturated rings. The normalized spacial score (nSPS) is 10.4. The molecule has 0 saturated heterocycles. The maximum atomic E-state index is 13.3. The first-order valence-electron chi connectivity index (χ1n) is 6.44. The van der Waals surface area contributed by atoms with Crippen LogP contribution in [-0.4, -0.2) is 14.1 Å². The van der Waals surface area contributed by atoms with Crippen LogP contribution in [0.1, 0.15) is 11.1 Å². The highest BCUT2D eigenvalue weighted by molar-refractivity contribution is 6.34. The number of anilines is 2. The van der Waals surface area contributed by atoms with E-state index in [4.69, 9.17) is 11.6 Å². The third-order valence-electron chi connectivity index (χ3n) is 3.21. The van der Waals surface area contributed by atoms with Crippen molar-refractivity contribution in [2.45, 2.75) is 13.5 Å². The molecule has 0 heterocycles. The van der Waals surface area contributed by atoms with Crippen LogP contribution in [0.15, 0.2) is 36.4 Å². The lowest BCUT2D eigenvalue weighted by Crippen LogP contribution is -2.13. The topological polar surface area (TPSA) is 15.3 Å². The highest BCUT2D eigenvalue weighted by Crippen LogP contribution is 2.32. The third kappa shape index (κ3) is 3.23. The van der Waals surface area contributed by atoms with Crippen molar-refractivity contribution in [1.29, 1.82) is 0 Å². The van der Waals surface area contributed by atoms with Crippen molar-refractivity contribution in [2.24, 2.45) is 0 Å². The number of nitrogens with one attached hydrogen (secondary N) is 1. The molecule has 0 saturated carbocycles. The van der Waals surface area contributed by atoms with Gasteiger partial charge in [0, 0.05) is 20.6 Å². The molecule has 20 heavy (non-hydrogen) atoms. The molecule has 4 heteroatoms. The molecule has 0 aliphatic rings. The van der Waals surface area contributed by atoms with Crippen molar-refractivity contribution in [3.05, 3.63) is 58.4 Å². The van der Waals surface area contributed by atoms with Crippen molar-refractivity contribution in [2.75, 3.05) is 24.3 Å². The molecule has 0 aliphatic heterocycles. The zero-order chi connectivity index (χ0) is 14.7.